The van der Waals surface area contributed by atoms with Crippen LogP contribution in [0.2, 0.25) is 0 Å². The summed E-state index contributed by atoms with van der Waals surface area (Å²) in [4.78, 5) is 23.1. The molecule has 1 heterocycles. The molecule has 0 aliphatic carbocycles. The maximum absolute atomic E-state index is 11.9. The van der Waals surface area contributed by atoms with Crippen LogP contribution in [0.15, 0.2) is 36.9 Å². The van der Waals surface area contributed by atoms with Crippen molar-refractivity contribution in [3.05, 3.63) is 42.5 Å². The fourth-order valence-electron chi connectivity index (χ4n) is 2.36. The minimum absolute atomic E-state index is 0.0226. The van der Waals surface area contributed by atoms with E-state index in [2.05, 4.69) is 17.2 Å². The first-order valence-electron chi connectivity index (χ1n) is 7.54. The van der Waals surface area contributed by atoms with Crippen molar-refractivity contribution >= 4 is 17.5 Å². The van der Waals surface area contributed by atoms with Crippen molar-refractivity contribution in [1.82, 2.24) is 5.32 Å². The molecule has 118 valence electrons. The summed E-state index contributed by atoms with van der Waals surface area (Å²) in [5.41, 5.74) is 1.61. The van der Waals surface area contributed by atoms with E-state index in [1.807, 2.05) is 12.1 Å². The normalized spacial score (nSPS) is 15.1. The van der Waals surface area contributed by atoms with Crippen molar-refractivity contribution in [2.24, 2.45) is 5.92 Å². The third-order valence-corrected chi connectivity index (χ3v) is 3.70. The van der Waals surface area contributed by atoms with Crippen LogP contribution in [0.1, 0.15) is 18.4 Å². The van der Waals surface area contributed by atoms with Gasteiger partial charge in [0.25, 0.3) is 0 Å². The van der Waals surface area contributed by atoms with Gasteiger partial charge in [0.15, 0.2) is 0 Å². The molecule has 0 unspecified atom stereocenters. The van der Waals surface area contributed by atoms with E-state index in [1.165, 1.54) is 6.08 Å². The van der Waals surface area contributed by atoms with Crippen LogP contribution in [0, 0.1) is 5.92 Å². The van der Waals surface area contributed by atoms with Gasteiger partial charge < -0.3 is 15.4 Å². The molecule has 1 fully saturated rings. The zero-order valence-corrected chi connectivity index (χ0v) is 12.6. The van der Waals surface area contributed by atoms with Gasteiger partial charge in [-0.05, 0) is 42.5 Å². The summed E-state index contributed by atoms with van der Waals surface area (Å²) in [5, 5.41) is 5.65. The first-order valence-corrected chi connectivity index (χ1v) is 7.54. The molecule has 0 spiro atoms. The molecule has 0 bridgehead atoms. The summed E-state index contributed by atoms with van der Waals surface area (Å²) < 4.78 is 5.30. The molecule has 5 nitrogen and oxygen atoms in total. The minimum Gasteiger partial charge on any atom is -0.381 e. The lowest BCUT2D eigenvalue weighted by Crippen LogP contribution is -2.33. The molecule has 2 N–H and O–H groups in total. The lowest BCUT2D eigenvalue weighted by atomic mass is 10.0. The Hall–Kier alpha value is -2.14. The summed E-state index contributed by atoms with van der Waals surface area (Å²) in [6.07, 6.45) is 3.59. The number of nitrogens with one attached hydrogen (secondary N) is 2. The highest BCUT2D eigenvalue weighted by Gasteiger charge is 2.14. The van der Waals surface area contributed by atoms with Crippen LogP contribution >= 0.6 is 0 Å². The number of rotatable bonds is 6. The SMILES string of the molecule is C=CC(=O)Nc1ccc(CC(=O)NCC2CCOCC2)cc1. The lowest BCUT2D eigenvalue weighted by Gasteiger charge is -2.22. The molecule has 22 heavy (non-hydrogen) atoms. The van der Waals surface area contributed by atoms with Crippen molar-refractivity contribution in [3.63, 3.8) is 0 Å². The zero-order valence-electron chi connectivity index (χ0n) is 12.6. The van der Waals surface area contributed by atoms with Crippen LogP contribution < -0.4 is 10.6 Å². The maximum Gasteiger partial charge on any atom is 0.247 e. The number of ether oxygens (including phenoxy) is 1. The van der Waals surface area contributed by atoms with Gasteiger partial charge >= 0.3 is 0 Å². The van der Waals surface area contributed by atoms with E-state index in [1.54, 1.807) is 12.1 Å². The number of carbonyl (C=O) groups is 2. The molecular formula is C17H22N2O3. The third-order valence-electron chi connectivity index (χ3n) is 3.70. The predicted octanol–water partition coefficient (Wildman–Crippen LogP) is 1.90. The molecule has 1 aliphatic rings. The van der Waals surface area contributed by atoms with Gasteiger partial charge in [0.1, 0.15) is 0 Å². The van der Waals surface area contributed by atoms with Gasteiger partial charge in [-0.25, -0.2) is 0 Å². The molecule has 2 amide bonds. The Balaban J connectivity index is 1.76. The van der Waals surface area contributed by atoms with Crippen LogP contribution in [0.25, 0.3) is 0 Å². The molecule has 2 rings (SSSR count). The van der Waals surface area contributed by atoms with Crippen molar-refractivity contribution in [1.29, 1.82) is 0 Å². The molecule has 1 saturated heterocycles. The fourth-order valence-corrected chi connectivity index (χ4v) is 2.36. The molecular weight excluding hydrogens is 280 g/mol. The Labute approximate surface area is 130 Å². The standard InChI is InChI=1S/C17H22N2O3/c1-2-16(20)19-15-5-3-13(4-6-15)11-17(21)18-12-14-7-9-22-10-8-14/h2-6,14H,1,7-12H2,(H,18,21)(H,19,20). The Kier molecular flexibility index (Phi) is 6.15. The molecule has 0 radical (unpaired) electrons. The summed E-state index contributed by atoms with van der Waals surface area (Å²) in [7, 11) is 0. The van der Waals surface area contributed by atoms with Crippen LogP contribution in [-0.2, 0) is 20.7 Å². The van der Waals surface area contributed by atoms with E-state index in [0.29, 0.717) is 18.0 Å². The topological polar surface area (TPSA) is 67.4 Å². The molecule has 1 aromatic rings. The second kappa shape index (κ2) is 8.34. The van der Waals surface area contributed by atoms with Crippen LogP contribution in [0.4, 0.5) is 5.69 Å². The smallest absolute Gasteiger partial charge is 0.247 e. The quantitative estimate of drug-likeness (QED) is 0.789. The zero-order chi connectivity index (χ0) is 15.8. The van der Waals surface area contributed by atoms with Gasteiger partial charge in [-0.2, -0.15) is 0 Å². The summed E-state index contributed by atoms with van der Waals surface area (Å²) in [5.74, 6) is 0.297. The van der Waals surface area contributed by atoms with E-state index in [4.69, 9.17) is 4.74 Å². The van der Waals surface area contributed by atoms with E-state index in [-0.39, 0.29) is 11.8 Å². The second-order valence-corrected chi connectivity index (χ2v) is 5.43. The van der Waals surface area contributed by atoms with Gasteiger partial charge in [0.2, 0.25) is 11.8 Å². The molecule has 0 atom stereocenters. The first-order chi connectivity index (χ1) is 10.7. The number of hydrogen-bond acceptors (Lipinski definition) is 3. The lowest BCUT2D eigenvalue weighted by molar-refractivity contribution is -0.120. The summed E-state index contributed by atoms with van der Waals surface area (Å²) in [6.45, 7) is 5.70. The molecule has 5 heteroatoms. The van der Waals surface area contributed by atoms with Gasteiger partial charge in [0.05, 0.1) is 6.42 Å². The first kappa shape index (κ1) is 16.2. The minimum atomic E-state index is -0.248. The predicted molar refractivity (Wildman–Crippen MR) is 85.5 cm³/mol. The molecule has 1 aliphatic heterocycles. The molecule has 0 aromatic heterocycles. The van der Waals surface area contributed by atoms with Crippen molar-refractivity contribution in [2.75, 3.05) is 25.1 Å². The average molecular weight is 302 g/mol. The van der Waals surface area contributed by atoms with E-state index in [9.17, 15) is 9.59 Å². The monoisotopic (exact) mass is 302 g/mol. The van der Waals surface area contributed by atoms with Crippen molar-refractivity contribution < 1.29 is 14.3 Å². The third kappa shape index (κ3) is 5.33. The highest BCUT2D eigenvalue weighted by Crippen LogP contribution is 2.13. The Morgan fingerprint density at radius 3 is 2.55 bits per heavy atom. The van der Waals surface area contributed by atoms with Gasteiger partial charge in [-0.15, -0.1) is 0 Å². The van der Waals surface area contributed by atoms with E-state index in [0.717, 1.165) is 38.2 Å². The van der Waals surface area contributed by atoms with Gasteiger partial charge in [0, 0.05) is 25.4 Å². The van der Waals surface area contributed by atoms with Crippen LogP contribution in [-0.4, -0.2) is 31.6 Å². The molecule has 0 saturated carbocycles. The fraction of sp³-hybridized carbons (Fsp3) is 0.412. The number of hydrogen-bond donors (Lipinski definition) is 2. The highest BCUT2D eigenvalue weighted by atomic mass is 16.5. The van der Waals surface area contributed by atoms with Gasteiger partial charge in [-0.1, -0.05) is 18.7 Å². The average Bonchev–Trinajstić information content (AvgIpc) is 2.55. The Morgan fingerprint density at radius 2 is 1.91 bits per heavy atom. The Bertz CT molecular complexity index is 519. The van der Waals surface area contributed by atoms with Crippen LogP contribution in [0.3, 0.4) is 0 Å². The Morgan fingerprint density at radius 1 is 1.23 bits per heavy atom. The van der Waals surface area contributed by atoms with E-state index < -0.39 is 0 Å². The van der Waals surface area contributed by atoms with Crippen molar-refractivity contribution in [2.45, 2.75) is 19.3 Å². The van der Waals surface area contributed by atoms with Crippen molar-refractivity contribution in [3.8, 4) is 0 Å². The summed E-state index contributed by atoms with van der Waals surface area (Å²) in [6, 6.07) is 7.24. The number of amides is 2. The highest BCUT2D eigenvalue weighted by molar-refractivity contribution is 5.98. The molecule has 1 aromatic carbocycles. The van der Waals surface area contributed by atoms with Gasteiger partial charge in [-0.3, -0.25) is 9.59 Å². The summed E-state index contributed by atoms with van der Waals surface area (Å²) >= 11 is 0. The van der Waals surface area contributed by atoms with Crippen LogP contribution in [0.5, 0.6) is 0 Å². The number of carbonyl (C=O) groups excluding carboxylic acids is 2. The largest absolute Gasteiger partial charge is 0.381 e. The maximum atomic E-state index is 11.9. The second-order valence-electron chi connectivity index (χ2n) is 5.43. The number of anilines is 1. The number of benzene rings is 1. The van der Waals surface area contributed by atoms with E-state index >= 15 is 0 Å².